The highest BCUT2D eigenvalue weighted by molar-refractivity contribution is 5.58. The minimum Gasteiger partial charge on any atom is -0.404 e. The molecule has 0 unspecified atom stereocenters. The number of halogens is 4. The number of hydrogen-bond donors (Lipinski definition) is 1. The second kappa shape index (κ2) is 3.36. The van der Waals surface area contributed by atoms with Crippen molar-refractivity contribution in [3.05, 3.63) is 23.5 Å². The zero-order valence-electron chi connectivity index (χ0n) is 7.15. The third-order valence-electron chi connectivity index (χ3n) is 1.63. The first kappa shape index (κ1) is 10.6. The van der Waals surface area contributed by atoms with Crippen molar-refractivity contribution in [3.63, 3.8) is 0 Å². The molecule has 1 rings (SSSR count). The van der Waals surface area contributed by atoms with Gasteiger partial charge in [0.25, 0.3) is 0 Å². The molecule has 0 bridgehead atoms. The normalized spacial score (nSPS) is 11.5. The average Bonchev–Trinajstić information content (AvgIpc) is 2.04. The van der Waals surface area contributed by atoms with Crippen LogP contribution in [-0.2, 0) is 0 Å². The van der Waals surface area contributed by atoms with E-state index in [1.807, 2.05) is 0 Å². The first-order valence-electron chi connectivity index (χ1n) is 3.61. The summed E-state index contributed by atoms with van der Waals surface area (Å²) >= 11 is 0. The molecule has 0 fully saturated rings. The summed E-state index contributed by atoms with van der Waals surface area (Å²) < 4.78 is 51.7. The van der Waals surface area contributed by atoms with Gasteiger partial charge in [0.15, 0.2) is 5.75 Å². The van der Waals surface area contributed by atoms with Crippen molar-refractivity contribution in [1.82, 2.24) is 0 Å². The molecule has 0 saturated heterocycles. The predicted molar refractivity (Wildman–Crippen MR) is 42.2 cm³/mol. The standard InChI is InChI=1S/C8H7F4NO/c1-4-5(9)2-3-6(7(4)13)14-8(10,11)12/h2-3H,13H2,1H3. The number of anilines is 1. The van der Waals surface area contributed by atoms with Crippen molar-refractivity contribution < 1.29 is 22.3 Å². The van der Waals surface area contributed by atoms with Crippen LogP contribution >= 0.6 is 0 Å². The lowest BCUT2D eigenvalue weighted by atomic mass is 10.2. The summed E-state index contributed by atoms with van der Waals surface area (Å²) in [5.74, 6) is -1.26. The number of hydrogen-bond acceptors (Lipinski definition) is 2. The molecule has 1 aromatic carbocycles. The summed E-state index contributed by atoms with van der Waals surface area (Å²) in [7, 11) is 0. The van der Waals surface area contributed by atoms with Crippen LogP contribution in [0.4, 0.5) is 23.2 Å². The molecule has 0 heterocycles. The first-order chi connectivity index (χ1) is 6.31. The Balaban J connectivity index is 3.06. The van der Waals surface area contributed by atoms with Crippen molar-refractivity contribution >= 4 is 5.69 Å². The smallest absolute Gasteiger partial charge is 0.404 e. The number of alkyl halides is 3. The molecule has 78 valence electrons. The third-order valence-corrected chi connectivity index (χ3v) is 1.63. The van der Waals surface area contributed by atoms with Gasteiger partial charge >= 0.3 is 6.36 Å². The molecule has 6 heteroatoms. The van der Waals surface area contributed by atoms with Gasteiger partial charge in [0, 0.05) is 5.56 Å². The Bertz CT molecular complexity index is 348. The maximum absolute atomic E-state index is 12.8. The Hall–Kier alpha value is -1.46. The number of nitrogens with two attached hydrogens (primary N) is 1. The predicted octanol–water partition coefficient (Wildman–Crippen LogP) is 2.61. The van der Waals surface area contributed by atoms with Crippen molar-refractivity contribution in [3.8, 4) is 5.75 Å². The van der Waals surface area contributed by atoms with Crippen LogP contribution in [0, 0.1) is 12.7 Å². The zero-order chi connectivity index (χ0) is 10.9. The van der Waals surface area contributed by atoms with Gasteiger partial charge in [-0.3, -0.25) is 0 Å². The van der Waals surface area contributed by atoms with E-state index in [-0.39, 0.29) is 11.3 Å². The van der Waals surface area contributed by atoms with E-state index in [9.17, 15) is 17.6 Å². The van der Waals surface area contributed by atoms with Gasteiger partial charge in [-0.15, -0.1) is 13.2 Å². The molecule has 0 amide bonds. The Kier molecular flexibility index (Phi) is 2.55. The highest BCUT2D eigenvalue weighted by Gasteiger charge is 2.32. The molecule has 0 aromatic heterocycles. The van der Waals surface area contributed by atoms with Crippen molar-refractivity contribution in [2.45, 2.75) is 13.3 Å². The quantitative estimate of drug-likeness (QED) is 0.570. The fourth-order valence-corrected chi connectivity index (χ4v) is 0.891. The molecule has 2 nitrogen and oxygen atoms in total. The molecule has 0 atom stereocenters. The summed E-state index contributed by atoms with van der Waals surface area (Å²) in [6, 6.07) is 1.71. The van der Waals surface area contributed by atoms with E-state index in [4.69, 9.17) is 5.73 Å². The molecule has 0 aliphatic rings. The SMILES string of the molecule is Cc1c(F)ccc(OC(F)(F)F)c1N. The molecule has 0 spiro atoms. The van der Waals surface area contributed by atoms with Crippen LogP contribution in [0.3, 0.4) is 0 Å². The summed E-state index contributed by atoms with van der Waals surface area (Å²) in [6.45, 7) is 1.27. The maximum atomic E-state index is 12.8. The van der Waals surface area contributed by atoms with Crippen LogP contribution in [0.25, 0.3) is 0 Å². The summed E-state index contributed by atoms with van der Waals surface area (Å²) in [5, 5.41) is 0. The summed E-state index contributed by atoms with van der Waals surface area (Å²) in [5.41, 5.74) is 4.82. The van der Waals surface area contributed by atoms with Crippen molar-refractivity contribution in [2.24, 2.45) is 0 Å². The second-order valence-corrected chi connectivity index (χ2v) is 2.63. The molecular weight excluding hydrogens is 202 g/mol. The topological polar surface area (TPSA) is 35.2 Å². The molecule has 0 radical (unpaired) electrons. The fourth-order valence-electron chi connectivity index (χ4n) is 0.891. The van der Waals surface area contributed by atoms with Crippen LogP contribution in [0.1, 0.15) is 5.56 Å². The molecule has 14 heavy (non-hydrogen) atoms. The molecule has 0 aliphatic carbocycles. The van der Waals surface area contributed by atoms with Gasteiger partial charge in [0.2, 0.25) is 0 Å². The van der Waals surface area contributed by atoms with Crippen molar-refractivity contribution in [1.29, 1.82) is 0 Å². The van der Waals surface area contributed by atoms with Gasteiger partial charge in [-0.2, -0.15) is 0 Å². The number of ether oxygens (including phenoxy) is 1. The van der Waals surface area contributed by atoms with E-state index in [2.05, 4.69) is 4.74 Å². The monoisotopic (exact) mass is 209 g/mol. The van der Waals surface area contributed by atoms with Crippen LogP contribution in [0.5, 0.6) is 5.75 Å². The van der Waals surface area contributed by atoms with Gasteiger partial charge in [-0.25, -0.2) is 4.39 Å². The number of nitrogen functional groups attached to an aromatic ring is 1. The van der Waals surface area contributed by atoms with Gasteiger partial charge in [0.1, 0.15) is 5.82 Å². The van der Waals surface area contributed by atoms with Crippen LogP contribution in [-0.4, -0.2) is 6.36 Å². The molecule has 1 aromatic rings. The number of rotatable bonds is 1. The zero-order valence-corrected chi connectivity index (χ0v) is 7.15. The minimum absolute atomic E-state index is 0.0632. The van der Waals surface area contributed by atoms with Crippen LogP contribution in [0.15, 0.2) is 12.1 Å². The Labute approximate surface area is 77.3 Å². The van der Waals surface area contributed by atoms with Crippen molar-refractivity contribution in [2.75, 3.05) is 5.73 Å². The summed E-state index contributed by atoms with van der Waals surface area (Å²) in [6.07, 6.45) is -4.82. The number of benzene rings is 1. The van der Waals surface area contributed by atoms with E-state index in [0.717, 1.165) is 12.1 Å². The highest BCUT2D eigenvalue weighted by Crippen LogP contribution is 2.31. The minimum atomic E-state index is -4.82. The maximum Gasteiger partial charge on any atom is 0.573 e. The molecule has 0 saturated carbocycles. The molecular formula is C8H7F4NO. The van der Waals surface area contributed by atoms with E-state index in [1.54, 1.807) is 0 Å². The van der Waals surface area contributed by atoms with E-state index in [1.165, 1.54) is 6.92 Å². The van der Waals surface area contributed by atoms with E-state index >= 15 is 0 Å². The van der Waals surface area contributed by atoms with Crippen LogP contribution in [0.2, 0.25) is 0 Å². The summed E-state index contributed by atoms with van der Waals surface area (Å²) in [4.78, 5) is 0. The molecule has 2 N–H and O–H groups in total. The average molecular weight is 209 g/mol. The van der Waals surface area contributed by atoms with E-state index in [0.29, 0.717) is 0 Å². The van der Waals surface area contributed by atoms with Gasteiger partial charge in [-0.05, 0) is 19.1 Å². The van der Waals surface area contributed by atoms with Gasteiger partial charge in [-0.1, -0.05) is 0 Å². The fraction of sp³-hybridized carbons (Fsp3) is 0.250. The van der Waals surface area contributed by atoms with Crippen LogP contribution < -0.4 is 10.5 Å². The lowest BCUT2D eigenvalue weighted by Gasteiger charge is -2.12. The van der Waals surface area contributed by atoms with Gasteiger partial charge < -0.3 is 10.5 Å². The molecule has 0 aliphatic heterocycles. The van der Waals surface area contributed by atoms with Gasteiger partial charge in [0.05, 0.1) is 5.69 Å². The second-order valence-electron chi connectivity index (χ2n) is 2.63. The largest absolute Gasteiger partial charge is 0.573 e. The third kappa shape index (κ3) is 2.27. The lowest BCUT2D eigenvalue weighted by molar-refractivity contribution is -0.274. The first-order valence-corrected chi connectivity index (χ1v) is 3.61. The Morgan fingerprint density at radius 1 is 1.29 bits per heavy atom. The van der Waals surface area contributed by atoms with E-state index < -0.39 is 17.9 Å². The Morgan fingerprint density at radius 3 is 2.36 bits per heavy atom. The highest BCUT2D eigenvalue weighted by atomic mass is 19.4. The lowest BCUT2D eigenvalue weighted by Crippen LogP contribution is -2.18. The Morgan fingerprint density at radius 2 is 1.86 bits per heavy atom.